The lowest BCUT2D eigenvalue weighted by Gasteiger charge is -2.40. The molecule has 2 aliphatic rings. The van der Waals surface area contributed by atoms with E-state index in [0.717, 1.165) is 71.7 Å². The van der Waals surface area contributed by atoms with Crippen molar-refractivity contribution in [3.8, 4) is 11.5 Å². The van der Waals surface area contributed by atoms with E-state index in [-0.39, 0.29) is 41.8 Å². The maximum atomic E-state index is 12.5. The van der Waals surface area contributed by atoms with E-state index < -0.39 is 24.7 Å². The molecule has 2 fully saturated rings. The zero-order valence-corrected chi connectivity index (χ0v) is 41.5. The van der Waals surface area contributed by atoms with Crippen LogP contribution in [0, 0.1) is 22.7 Å². The van der Waals surface area contributed by atoms with Crippen molar-refractivity contribution in [2.45, 2.75) is 112 Å². The SMILES string of the molecule is C.COC(=O)/C=C/c1ccc2c(c1)nc(Nc1ccc(OC(F)(F)F)cc1)n2[C@@H]1C[C@H](C)CC(C)(C)C1.COC(=O)/C=C/c1ccc2c(c1)nc(Nc1ccc(OC(F)(F)F)cc1)n2[C@H]1C[C@@H](C)CC(C)(C)C1. The normalized spacial score (nSPS) is 19.7. The van der Waals surface area contributed by atoms with Crippen LogP contribution in [0.3, 0.4) is 0 Å². The molecule has 2 N–H and O–H groups in total. The van der Waals surface area contributed by atoms with Crippen LogP contribution in [0.4, 0.5) is 49.6 Å². The van der Waals surface area contributed by atoms with Crippen LogP contribution in [-0.4, -0.2) is 58.0 Å². The van der Waals surface area contributed by atoms with Crippen LogP contribution in [0.1, 0.15) is 111 Å². The third kappa shape index (κ3) is 15.0. The summed E-state index contributed by atoms with van der Waals surface area (Å²) in [5, 5.41) is 6.59. The second-order valence-electron chi connectivity index (χ2n) is 20.3. The molecule has 2 aromatic heterocycles. The average Bonchev–Trinajstić information content (AvgIpc) is 3.83. The fraction of sp³-hybridized carbons (Fsp3) is 0.418. The molecule has 8 rings (SSSR count). The molecule has 0 radical (unpaired) electrons. The smallest absolute Gasteiger partial charge is 0.466 e. The van der Waals surface area contributed by atoms with Crippen molar-refractivity contribution in [2.75, 3.05) is 24.9 Å². The standard InChI is InChI=1S/2C27H30F3N3O3.CH4/c2*1-17-13-20(16-26(2,3)15-17)33-23-11-5-18(6-12-24(34)35-4)14-22(23)32-25(33)31-19-7-9-21(10-8-19)36-27(28,29)30;/h2*5-12,14,17,20H,13,15-16H2,1-4H3,(H,31,32);1H4/b2*12-6+;/t2*17-,20+;/m10./s1. The van der Waals surface area contributed by atoms with Gasteiger partial charge in [0.05, 0.1) is 36.3 Å². The van der Waals surface area contributed by atoms with Gasteiger partial charge in [-0.25, -0.2) is 19.6 Å². The number of nitrogens with one attached hydrogen (secondary N) is 2. The zero-order chi connectivity index (χ0) is 52.2. The maximum Gasteiger partial charge on any atom is 0.573 e. The molecule has 2 aliphatic carbocycles. The number of imidazole rings is 2. The average molecular weight is 1020 g/mol. The molecule has 18 heteroatoms. The second kappa shape index (κ2) is 22.4. The number of carbonyl (C=O) groups excluding carboxylic acids is 2. The number of aromatic nitrogens is 4. The number of alkyl halides is 6. The third-order valence-corrected chi connectivity index (χ3v) is 12.8. The van der Waals surface area contributed by atoms with Crippen LogP contribution in [0.15, 0.2) is 97.1 Å². The van der Waals surface area contributed by atoms with Crippen molar-refractivity contribution in [2.24, 2.45) is 22.7 Å². The molecule has 0 aliphatic heterocycles. The molecular weight excluding hydrogens is 955 g/mol. The van der Waals surface area contributed by atoms with Crippen LogP contribution in [0.5, 0.6) is 11.5 Å². The lowest BCUT2D eigenvalue weighted by molar-refractivity contribution is -0.275. The van der Waals surface area contributed by atoms with Gasteiger partial charge < -0.3 is 38.7 Å². The number of anilines is 4. The number of hydrogen-bond donors (Lipinski definition) is 2. The summed E-state index contributed by atoms with van der Waals surface area (Å²) in [5.41, 5.74) is 6.50. The Balaban J connectivity index is 0.000000235. The van der Waals surface area contributed by atoms with E-state index >= 15 is 0 Å². The number of fused-ring (bicyclic) bond motifs is 2. The van der Waals surface area contributed by atoms with Crippen molar-refractivity contribution in [3.05, 3.63) is 108 Å². The molecule has 0 unspecified atom stereocenters. The predicted octanol–water partition coefficient (Wildman–Crippen LogP) is 15.1. The summed E-state index contributed by atoms with van der Waals surface area (Å²) in [6, 6.07) is 23.2. The van der Waals surface area contributed by atoms with Gasteiger partial charge in [-0.2, -0.15) is 0 Å². The molecule has 12 nitrogen and oxygen atoms in total. The minimum absolute atomic E-state index is 0. The van der Waals surface area contributed by atoms with Crippen molar-refractivity contribution in [1.82, 2.24) is 19.1 Å². The first-order chi connectivity index (χ1) is 33.8. The van der Waals surface area contributed by atoms with Crippen LogP contribution in [0.2, 0.25) is 0 Å². The lowest BCUT2D eigenvalue weighted by atomic mass is 9.70. The highest BCUT2D eigenvalue weighted by Gasteiger charge is 2.37. The van der Waals surface area contributed by atoms with Gasteiger partial charge in [-0.15, -0.1) is 26.3 Å². The van der Waals surface area contributed by atoms with Gasteiger partial charge in [0.1, 0.15) is 11.5 Å². The first kappa shape index (κ1) is 55.3. The molecule has 0 saturated heterocycles. The van der Waals surface area contributed by atoms with E-state index in [0.29, 0.717) is 35.1 Å². The topological polar surface area (TPSA) is 131 Å². The van der Waals surface area contributed by atoms with Crippen molar-refractivity contribution >= 4 is 69.4 Å². The molecular formula is C55H64F6N6O6. The molecule has 0 spiro atoms. The highest BCUT2D eigenvalue weighted by atomic mass is 19.4. The molecule has 0 bridgehead atoms. The van der Waals surface area contributed by atoms with Crippen molar-refractivity contribution < 1.29 is 54.9 Å². The number of ether oxygens (including phenoxy) is 4. The Labute approximate surface area is 421 Å². The van der Waals surface area contributed by atoms with Crippen LogP contribution in [-0.2, 0) is 19.1 Å². The summed E-state index contributed by atoms with van der Waals surface area (Å²) >= 11 is 0. The molecule has 6 aromatic rings. The van der Waals surface area contributed by atoms with Crippen LogP contribution >= 0.6 is 0 Å². The van der Waals surface area contributed by atoms with Gasteiger partial charge in [-0.3, -0.25) is 0 Å². The Bertz CT molecular complexity index is 2720. The Morgan fingerprint density at radius 2 is 0.945 bits per heavy atom. The monoisotopic (exact) mass is 1020 g/mol. The predicted molar refractivity (Wildman–Crippen MR) is 273 cm³/mol. The highest BCUT2D eigenvalue weighted by molar-refractivity contribution is 5.90. The Morgan fingerprint density at radius 3 is 1.26 bits per heavy atom. The number of hydrogen-bond acceptors (Lipinski definition) is 10. The quantitative estimate of drug-likeness (QED) is 0.0694. The number of halogens is 6. The number of rotatable bonds is 12. The van der Waals surface area contributed by atoms with Gasteiger partial charge >= 0.3 is 24.7 Å². The molecule has 73 heavy (non-hydrogen) atoms. The Hall–Kier alpha value is -6.98. The summed E-state index contributed by atoms with van der Waals surface area (Å²) < 4.78 is 96.9. The molecule has 2 heterocycles. The van der Waals surface area contributed by atoms with E-state index in [9.17, 15) is 35.9 Å². The lowest BCUT2D eigenvalue weighted by Crippen LogP contribution is -2.29. The number of esters is 2. The number of methoxy groups -OCH3 is 2. The third-order valence-electron chi connectivity index (χ3n) is 12.8. The minimum atomic E-state index is -4.74. The summed E-state index contributed by atoms with van der Waals surface area (Å²) in [6.07, 6.45) is 2.77. The summed E-state index contributed by atoms with van der Waals surface area (Å²) in [6.45, 7) is 13.6. The minimum Gasteiger partial charge on any atom is -0.466 e. The summed E-state index contributed by atoms with van der Waals surface area (Å²) in [7, 11) is 2.65. The van der Waals surface area contributed by atoms with Gasteiger partial charge in [-0.1, -0.05) is 61.1 Å². The van der Waals surface area contributed by atoms with E-state index in [1.54, 1.807) is 12.2 Å². The Morgan fingerprint density at radius 1 is 0.589 bits per heavy atom. The van der Waals surface area contributed by atoms with E-state index in [2.05, 4.69) is 80.3 Å². The molecule has 392 valence electrons. The Kier molecular flexibility index (Phi) is 17.0. The van der Waals surface area contributed by atoms with Crippen molar-refractivity contribution in [3.63, 3.8) is 0 Å². The molecule has 0 amide bonds. The summed E-state index contributed by atoms with van der Waals surface area (Å²) in [4.78, 5) is 32.7. The first-order valence-electron chi connectivity index (χ1n) is 23.7. The van der Waals surface area contributed by atoms with Gasteiger partial charge in [0.25, 0.3) is 0 Å². The molecule has 4 aromatic carbocycles. The van der Waals surface area contributed by atoms with E-state index in [1.165, 1.54) is 74.9 Å². The summed E-state index contributed by atoms with van der Waals surface area (Å²) in [5.74, 6) is 0.823. The molecule has 4 atom stereocenters. The van der Waals surface area contributed by atoms with Gasteiger partial charge in [0, 0.05) is 35.6 Å². The fourth-order valence-electron chi connectivity index (χ4n) is 10.5. The fourth-order valence-corrected chi connectivity index (χ4v) is 10.5. The largest absolute Gasteiger partial charge is 0.573 e. The zero-order valence-electron chi connectivity index (χ0n) is 41.5. The number of nitrogens with zero attached hydrogens (tertiary/aromatic N) is 4. The maximum absolute atomic E-state index is 12.5. The van der Waals surface area contributed by atoms with Crippen molar-refractivity contribution in [1.29, 1.82) is 0 Å². The molecule has 2 saturated carbocycles. The van der Waals surface area contributed by atoms with Gasteiger partial charge in [-0.05, 0) is 157 Å². The first-order valence-corrected chi connectivity index (χ1v) is 23.7. The van der Waals surface area contributed by atoms with Gasteiger partial charge in [0.15, 0.2) is 0 Å². The van der Waals surface area contributed by atoms with Crippen LogP contribution < -0.4 is 20.1 Å². The second-order valence-corrected chi connectivity index (χ2v) is 20.3. The number of benzene rings is 4. The van der Waals surface area contributed by atoms with Crippen LogP contribution in [0.25, 0.3) is 34.2 Å². The van der Waals surface area contributed by atoms with E-state index in [1.807, 2.05) is 36.4 Å². The van der Waals surface area contributed by atoms with E-state index in [4.69, 9.17) is 9.97 Å². The van der Waals surface area contributed by atoms with Gasteiger partial charge in [0.2, 0.25) is 11.9 Å². The number of carbonyl (C=O) groups is 2. The highest BCUT2D eigenvalue weighted by Crippen LogP contribution is 2.48.